The molecule has 1 N–H and O–H groups in total. The van der Waals surface area contributed by atoms with Crippen LogP contribution in [0, 0.1) is 0 Å². The molecule has 0 amide bonds. The Balaban J connectivity index is 2.18. The molecule has 0 aliphatic carbocycles. The van der Waals surface area contributed by atoms with E-state index in [9.17, 15) is 0 Å². The first kappa shape index (κ1) is 8.51. The summed E-state index contributed by atoms with van der Waals surface area (Å²) in [6, 6.07) is 4.07. The molecule has 70 valence electrons. The molecule has 1 aliphatic rings. The van der Waals surface area contributed by atoms with E-state index in [0.29, 0.717) is 5.92 Å². The highest BCUT2D eigenvalue weighted by Gasteiger charge is 2.23. The summed E-state index contributed by atoms with van der Waals surface area (Å²) in [6.07, 6.45) is 1.87. The van der Waals surface area contributed by atoms with Gasteiger partial charge in [-0.05, 0) is 26.2 Å². The molecule has 3 nitrogen and oxygen atoms in total. The molecule has 13 heavy (non-hydrogen) atoms. The zero-order valence-corrected chi connectivity index (χ0v) is 8.12. The topological polar surface area (TPSA) is 28.2 Å². The number of hydrogen-bond acceptors (Lipinski definition) is 3. The highest BCUT2D eigenvalue weighted by Crippen LogP contribution is 2.28. The van der Waals surface area contributed by atoms with E-state index < -0.39 is 0 Å². The minimum atomic E-state index is 0.547. The zero-order valence-electron chi connectivity index (χ0n) is 8.12. The van der Waals surface area contributed by atoms with Crippen LogP contribution in [-0.4, -0.2) is 37.1 Å². The Morgan fingerprint density at radius 3 is 3.23 bits per heavy atom. The van der Waals surface area contributed by atoms with Crippen molar-refractivity contribution in [2.24, 2.45) is 0 Å². The highest BCUT2D eigenvalue weighted by atomic mass is 15.1. The van der Waals surface area contributed by atoms with Gasteiger partial charge in [-0.1, -0.05) is 0 Å². The third-order valence-corrected chi connectivity index (χ3v) is 2.35. The van der Waals surface area contributed by atoms with Crippen LogP contribution < -0.4 is 5.32 Å². The second-order valence-corrected chi connectivity index (χ2v) is 3.78. The van der Waals surface area contributed by atoms with Gasteiger partial charge in [-0.25, -0.2) is 0 Å². The first-order chi connectivity index (χ1) is 6.27. The molecule has 1 atom stereocenters. The number of nitrogens with one attached hydrogen (secondary N) is 1. The van der Waals surface area contributed by atoms with Gasteiger partial charge in [0.05, 0.1) is 11.4 Å². The fourth-order valence-electron chi connectivity index (χ4n) is 1.81. The smallest absolute Gasteiger partial charge is 0.0695 e. The summed E-state index contributed by atoms with van der Waals surface area (Å²) in [4.78, 5) is 6.61. The van der Waals surface area contributed by atoms with Crippen molar-refractivity contribution >= 4 is 5.69 Å². The molecule has 0 spiro atoms. The predicted molar refractivity (Wildman–Crippen MR) is 54.0 cm³/mol. The van der Waals surface area contributed by atoms with Crippen molar-refractivity contribution in [2.45, 2.75) is 5.92 Å². The quantitative estimate of drug-likeness (QED) is 0.734. The van der Waals surface area contributed by atoms with Gasteiger partial charge in [0.2, 0.25) is 0 Å². The molecular formula is C10H15N3. The van der Waals surface area contributed by atoms with Crippen molar-refractivity contribution in [3.05, 3.63) is 24.0 Å². The van der Waals surface area contributed by atoms with Crippen LogP contribution in [0.5, 0.6) is 0 Å². The van der Waals surface area contributed by atoms with Crippen molar-refractivity contribution < 1.29 is 0 Å². The van der Waals surface area contributed by atoms with E-state index in [2.05, 4.69) is 35.4 Å². The van der Waals surface area contributed by atoms with Crippen LogP contribution >= 0.6 is 0 Å². The molecule has 1 aromatic heterocycles. The van der Waals surface area contributed by atoms with Crippen LogP contribution in [0.25, 0.3) is 0 Å². The summed E-state index contributed by atoms with van der Waals surface area (Å²) in [5, 5.41) is 3.37. The number of hydrogen-bond donors (Lipinski definition) is 1. The summed E-state index contributed by atoms with van der Waals surface area (Å²) in [7, 11) is 4.20. The third kappa shape index (κ3) is 1.65. The number of aromatic nitrogens is 1. The van der Waals surface area contributed by atoms with E-state index >= 15 is 0 Å². The van der Waals surface area contributed by atoms with Crippen molar-refractivity contribution in [3.63, 3.8) is 0 Å². The summed E-state index contributed by atoms with van der Waals surface area (Å²) in [6.45, 7) is 2.08. The largest absolute Gasteiger partial charge is 0.383 e. The average molecular weight is 177 g/mol. The van der Waals surface area contributed by atoms with Crippen molar-refractivity contribution in [2.75, 3.05) is 32.5 Å². The van der Waals surface area contributed by atoms with Gasteiger partial charge in [-0.2, -0.15) is 0 Å². The summed E-state index contributed by atoms with van der Waals surface area (Å²) >= 11 is 0. The van der Waals surface area contributed by atoms with Crippen molar-refractivity contribution in [3.8, 4) is 0 Å². The molecule has 0 aromatic carbocycles. The van der Waals surface area contributed by atoms with E-state index in [4.69, 9.17) is 0 Å². The Morgan fingerprint density at radius 2 is 2.46 bits per heavy atom. The van der Waals surface area contributed by atoms with Gasteiger partial charge in [0, 0.05) is 25.2 Å². The van der Waals surface area contributed by atoms with Crippen LogP contribution in [0.15, 0.2) is 18.3 Å². The van der Waals surface area contributed by atoms with E-state index in [0.717, 1.165) is 13.1 Å². The average Bonchev–Trinajstić information content (AvgIpc) is 2.48. The maximum atomic E-state index is 4.40. The second-order valence-electron chi connectivity index (χ2n) is 3.78. The minimum absolute atomic E-state index is 0.547. The van der Waals surface area contributed by atoms with Crippen LogP contribution in [0.2, 0.25) is 0 Å². The number of rotatable bonds is 2. The Kier molecular flexibility index (Phi) is 2.19. The lowest BCUT2D eigenvalue weighted by molar-refractivity contribution is 0.380. The minimum Gasteiger partial charge on any atom is -0.383 e. The SMILES string of the molecule is CN(C)CC1CNc2cccnc21. The van der Waals surface area contributed by atoms with Crippen LogP contribution in [0.4, 0.5) is 5.69 Å². The normalized spacial score (nSPS) is 20.1. The van der Waals surface area contributed by atoms with Gasteiger partial charge >= 0.3 is 0 Å². The molecule has 0 saturated heterocycles. The maximum Gasteiger partial charge on any atom is 0.0695 e. The van der Waals surface area contributed by atoms with E-state index in [1.807, 2.05) is 12.3 Å². The molecule has 2 rings (SSSR count). The standard InChI is InChI=1S/C10H15N3/c1-13(2)7-8-6-12-9-4-3-5-11-10(8)9/h3-5,8,12H,6-7H2,1-2H3. The zero-order chi connectivity index (χ0) is 9.26. The molecule has 0 saturated carbocycles. The number of anilines is 1. The first-order valence-corrected chi connectivity index (χ1v) is 4.61. The van der Waals surface area contributed by atoms with Gasteiger partial charge in [0.1, 0.15) is 0 Å². The molecule has 1 unspecified atom stereocenters. The molecular weight excluding hydrogens is 162 g/mol. The molecule has 1 aromatic rings. The van der Waals surface area contributed by atoms with E-state index in [1.165, 1.54) is 11.4 Å². The van der Waals surface area contributed by atoms with Crippen LogP contribution in [0.3, 0.4) is 0 Å². The molecule has 0 radical (unpaired) electrons. The van der Waals surface area contributed by atoms with E-state index in [-0.39, 0.29) is 0 Å². The fraction of sp³-hybridized carbons (Fsp3) is 0.500. The predicted octanol–water partition coefficient (Wildman–Crippen LogP) is 1.15. The number of pyridine rings is 1. The molecule has 3 heteroatoms. The van der Waals surface area contributed by atoms with Gasteiger partial charge in [-0.15, -0.1) is 0 Å². The van der Waals surface area contributed by atoms with Crippen molar-refractivity contribution in [1.82, 2.24) is 9.88 Å². The molecule has 0 fully saturated rings. The summed E-state index contributed by atoms with van der Waals surface area (Å²) in [5.74, 6) is 0.547. The fourth-order valence-corrected chi connectivity index (χ4v) is 1.81. The van der Waals surface area contributed by atoms with Gasteiger partial charge in [-0.3, -0.25) is 4.98 Å². The summed E-state index contributed by atoms with van der Waals surface area (Å²) < 4.78 is 0. The Labute approximate surface area is 78.8 Å². The van der Waals surface area contributed by atoms with Gasteiger partial charge < -0.3 is 10.2 Å². The second kappa shape index (κ2) is 3.34. The van der Waals surface area contributed by atoms with Gasteiger partial charge in [0.15, 0.2) is 0 Å². The third-order valence-electron chi connectivity index (χ3n) is 2.35. The summed E-state index contributed by atoms with van der Waals surface area (Å²) in [5.41, 5.74) is 2.42. The number of nitrogens with zero attached hydrogens (tertiary/aromatic N) is 2. The van der Waals surface area contributed by atoms with Crippen LogP contribution in [0.1, 0.15) is 11.6 Å². The van der Waals surface area contributed by atoms with Gasteiger partial charge in [0.25, 0.3) is 0 Å². The lowest BCUT2D eigenvalue weighted by Gasteiger charge is -2.14. The molecule has 0 bridgehead atoms. The molecule has 2 heterocycles. The van der Waals surface area contributed by atoms with Crippen molar-refractivity contribution in [1.29, 1.82) is 0 Å². The highest BCUT2D eigenvalue weighted by molar-refractivity contribution is 5.54. The first-order valence-electron chi connectivity index (χ1n) is 4.61. The number of likely N-dealkylation sites (N-methyl/N-ethyl adjacent to an activating group) is 1. The Morgan fingerprint density at radius 1 is 1.62 bits per heavy atom. The lowest BCUT2D eigenvalue weighted by Crippen LogP contribution is -2.21. The monoisotopic (exact) mass is 177 g/mol. The maximum absolute atomic E-state index is 4.40. The molecule has 1 aliphatic heterocycles. The lowest BCUT2D eigenvalue weighted by atomic mass is 10.1. The Hall–Kier alpha value is -1.09. The Bertz CT molecular complexity index is 296. The van der Waals surface area contributed by atoms with E-state index in [1.54, 1.807) is 0 Å². The number of fused-ring (bicyclic) bond motifs is 1. The van der Waals surface area contributed by atoms with Crippen LogP contribution in [-0.2, 0) is 0 Å².